The number of nitrogens with zero attached hydrogens (tertiary/aromatic N) is 2. The van der Waals surface area contributed by atoms with Gasteiger partial charge >= 0.3 is 0 Å². The standard InChI is InChI=1S/C19H28N2O3/c1-20(9-4-12-22)17-7-10-21(11-8-17)18(23)19(24)13-15-5-2-3-6-16(15)14-19/h2-3,5-6,17,22,24H,4,7-14H2,1H3. The molecule has 2 aliphatic rings. The number of fused-ring (bicyclic) bond motifs is 1. The first-order valence-electron chi connectivity index (χ1n) is 8.93. The van der Waals surface area contributed by atoms with E-state index in [1.54, 1.807) is 0 Å². The van der Waals surface area contributed by atoms with Crippen LogP contribution in [-0.4, -0.2) is 70.9 Å². The van der Waals surface area contributed by atoms with E-state index in [9.17, 15) is 9.90 Å². The lowest BCUT2D eigenvalue weighted by Crippen LogP contribution is -2.54. The number of carbonyl (C=O) groups is 1. The fourth-order valence-electron chi connectivity index (χ4n) is 4.05. The zero-order chi connectivity index (χ0) is 17.2. The van der Waals surface area contributed by atoms with Crippen molar-refractivity contribution in [3.8, 4) is 0 Å². The van der Waals surface area contributed by atoms with Crippen molar-refractivity contribution in [3.05, 3.63) is 35.4 Å². The van der Waals surface area contributed by atoms with E-state index < -0.39 is 5.60 Å². The first-order valence-corrected chi connectivity index (χ1v) is 8.93. The van der Waals surface area contributed by atoms with E-state index in [2.05, 4.69) is 11.9 Å². The number of benzene rings is 1. The Kier molecular flexibility index (Phi) is 5.23. The Bertz CT molecular complexity index is 557. The van der Waals surface area contributed by atoms with Crippen LogP contribution in [-0.2, 0) is 17.6 Å². The lowest BCUT2D eigenvalue weighted by molar-refractivity contribution is -0.152. The molecule has 0 spiro atoms. The van der Waals surface area contributed by atoms with Gasteiger partial charge in [0.05, 0.1) is 0 Å². The summed E-state index contributed by atoms with van der Waals surface area (Å²) in [7, 11) is 2.08. The summed E-state index contributed by atoms with van der Waals surface area (Å²) in [5.41, 5.74) is 0.915. The topological polar surface area (TPSA) is 64.0 Å². The minimum atomic E-state index is -1.26. The molecule has 24 heavy (non-hydrogen) atoms. The average molecular weight is 332 g/mol. The van der Waals surface area contributed by atoms with E-state index in [1.165, 1.54) is 0 Å². The number of aliphatic hydroxyl groups excluding tert-OH is 1. The number of hydrogen-bond donors (Lipinski definition) is 2. The monoisotopic (exact) mass is 332 g/mol. The van der Waals surface area contributed by atoms with Crippen LogP contribution in [0, 0.1) is 0 Å². The molecule has 0 radical (unpaired) electrons. The lowest BCUT2D eigenvalue weighted by Gasteiger charge is -2.39. The van der Waals surface area contributed by atoms with Crippen molar-refractivity contribution in [2.75, 3.05) is 33.3 Å². The Balaban J connectivity index is 1.56. The highest BCUT2D eigenvalue weighted by Gasteiger charge is 2.44. The van der Waals surface area contributed by atoms with Crippen molar-refractivity contribution in [3.63, 3.8) is 0 Å². The second-order valence-electron chi connectivity index (χ2n) is 7.23. The maximum atomic E-state index is 12.9. The van der Waals surface area contributed by atoms with Gasteiger partial charge < -0.3 is 20.0 Å². The quantitative estimate of drug-likeness (QED) is 0.838. The number of rotatable bonds is 5. The van der Waals surface area contributed by atoms with Gasteiger partial charge in [0.25, 0.3) is 5.91 Å². The van der Waals surface area contributed by atoms with Crippen molar-refractivity contribution in [1.82, 2.24) is 9.80 Å². The smallest absolute Gasteiger partial charge is 0.255 e. The summed E-state index contributed by atoms with van der Waals surface area (Å²) in [6, 6.07) is 8.38. The van der Waals surface area contributed by atoms with Crippen LogP contribution in [0.2, 0.25) is 0 Å². The van der Waals surface area contributed by atoms with Crippen LogP contribution >= 0.6 is 0 Å². The van der Waals surface area contributed by atoms with Gasteiger partial charge in [-0.15, -0.1) is 0 Å². The largest absolute Gasteiger partial charge is 0.396 e. The highest BCUT2D eigenvalue weighted by Crippen LogP contribution is 2.32. The second kappa shape index (κ2) is 7.21. The van der Waals surface area contributed by atoms with E-state index in [4.69, 9.17) is 5.11 Å². The summed E-state index contributed by atoms with van der Waals surface area (Å²) in [6.45, 7) is 2.50. The number of piperidine rings is 1. The first kappa shape index (κ1) is 17.4. The van der Waals surface area contributed by atoms with E-state index in [-0.39, 0.29) is 12.5 Å². The molecule has 1 aromatic rings. The lowest BCUT2D eigenvalue weighted by atomic mass is 9.95. The Labute approximate surface area is 143 Å². The fourth-order valence-corrected chi connectivity index (χ4v) is 4.05. The van der Waals surface area contributed by atoms with Gasteiger partial charge in [-0.05, 0) is 37.4 Å². The summed E-state index contributed by atoms with van der Waals surface area (Å²) in [6.07, 6.45) is 3.50. The van der Waals surface area contributed by atoms with Crippen molar-refractivity contribution in [1.29, 1.82) is 0 Å². The van der Waals surface area contributed by atoms with Crippen LogP contribution in [0.5, 0.6) is 0 Å². The summed E-state index contributed by atoms with van der Waals surface area (Å²) >= 11 is 0. The van der Waals surface area contributed by atoms with Gasteiger partial charge in [-0.25, -0.2) is 0 Å². The van der Waals surface area contributed by atoms with Crippen molar-refractivity contribution in [2.24, 2.45) is 0 Å². The first-order chi connectivity index (χ1) is 11.5. The third-order valence-corrected chi connectivity index (χ3v) is 5.53. The van der Waals surface area contributed by atoms with Crippen LogP contribution in [0.25, 0.3) is 0 Å². The van der Waals surface area contributed by atoms with Crippen molar-refractivity contribution >= 4 is 5.91 Å². The maximum absolute atomic E-state index is 12.9. The summed E-state index contributed by atoms with van der Waals surface area (Å²) in [4.78, 5) is 17.0. The molecule has 132 valence electrons. The minimum Gasteiger partial charge on any atom is -0.396 e. The molecular weight excluding hydrogens is 304 g/mol. The van der Waals surface area contributed by atoms with Crippen molar-refractivity contribution < 1.29 is 15.0 Å². The molecule has 0 bridgehead atoms. The van der Waals surface area contributed by atoms with Crippen LogP contribution in [0.4, 0.5) is 0 Å². The van der Waals surface area contributed by atoms with E-state index >= 15 is 0 Å². The van der Waals surface area contributed by atoms with Gasteiger partial charge in [-0.2, -0.15) is 0 Å². The fraction of sp³-hybridized carbons (Fsp3) is 0.632. The molecule has 0 atom stereocenters. The van der Waals surface area contributed by atoms with Crippen LogP contribution in [0.15, 0.2) is 24.3 Å². The average Bonchev–Trinajstić information content (AvgIpc) is 2.96. The third-order valence-electron chi connectivity index (χ3n) is 5.53. The van der Waals surface area contributed by atoms with Crippen LogP contribution in [0.3, 0.4) is 0 Å². The Morgan fingerprint density at radius 1 is 1.25 bits per heavy atom. The SMILES string of the molecule is CN(CCCO)C1CCN(C(=O)C2(O)Cc3ccccc3C2)CC1. The molecule has 1 aromatic carbocycles. The van der Waals surface area contributed by atoms with Gasteiger partial charge in [0.2, 0.25) is 0 Å². The van der Waals surface area contributed by atoms with Gasteiger partial charge in [0.15, 0.2) is 5.60 Å². The molecule has 0 aromatic heterocycles. The van der Waals surface area contributed by atoms with Gasteiger partial charge in [0, 0.05) is 45.1 Å². The molecule has 1 heterocycles. The molecule has 1 saturated heterocycles. The third kappa shape index (κ3) is 3.48. The molecule has 1 amide bonds. The Morgan fingerprint density at radius 3 is 2.38 bits per heavy atom. The normalized spacial score (nSPS) is 20.4. The molecule has 5 nitrogen and oxygen atoms in total. The molecule has 1 aliphatic carbocycles. The second-order valence-corrected chi connectivity index (χ2v) is 7.23. The Hall–Kier alpha value is -1.43. The number of aliphatic hydroxyl groups is 2. The molecule has 0 unspecified atom stereocenters. The van der Waals surface area contributed by atoms with Crippen molar-refractivity contribution in [2.45, 2.75) is 43.7 Å². The van der Waals surface area contributed by atoms with Crippen LogP contribution < -0.4 is 0 Å². The number of carbonyl (C=O) groups excluding carboxylic acids is 1. The van der Waals surface area contributed by atoms with Gasteiger partial charge in [-0.3, -0.25) is 4.79 Å². The van der Waals surface area contributed by atoms with Gasteiger partial charge in [0.1, 0.15) is 0 Å². The minimum absolute atomic E-state index is 0.116. The van der Waals surface area contributed by atoms with E-state index in [0.29, 0.717) is 32.0 Å². The zero-order valence-corrected chi connectivity index (χ0v) is 14.4. The van der Waals surface area contributed by atoms with Gasteiger partial charge in [-0.1, -0.05) is 24.3 Å². The molecule has 5 heteroatoms. The van der Waals surface area contributed by atoms with E-state index in [0.717, 1.165) is 36.9 Å². The molecule has 0 saturated carbocycles. The molecule has 2 N–H and O–H groups in total. The highest BCUT2D eigenvalue weighted by molar-refractivity contribution is 5.87. The molecule has 1 aliphatic heterocycles. The maximum Gasteiger partial charge on any atom is 0.255 e. The molecule has 3 rings (SSSR count). The number of hydrogen-bond acceptors (Lipinski definition) is 4. The zero-order valence-electron chi connectivity index (χ0n) is 14.4. The van der Waals surface area contributed by atoms with Crippen LogP contribution in [0.1, 0.15) is 30.4 Å². The highest BCUT2D eigenvalue weighted by atomic mass is 16.3. The van der Waals surface area contributed by atoms with E-state index in [1.807, 2.05) is 29.2 Å². The predicted molar refractivity (Wildman–Crippen MR) is 92.7 cm³/mol. The number of likely N-dealkylation sites (tertiary alicyclic amines) is 1. The summed E-state index contributed by atoms with van der Waals surface area (Å²) < 4.78 is 0. The number of amides is 1. The summed E-state index contributed by atoms with van der Waals surface area (Å²) in [5, 5.41) is 19.8. The molecular formula is C19H28N2O3. The Morgan fingerprint density at radius 2 is 1.83 bits per heavy atom. The summed E-state index contributed by atoms with van der Waals surface area (Å²) in [5.74, 6) is -0.116. The predicted octanol–water partition coefficient (Wildman–Crippen LogP) is 0.821. The molecule has 1 fully saturated rings.